The van der Waals surface area contributed by atoms with E-state index in [1.165, 1.54) is 12.8 Å². The first-order chi connectivity index (χ1) is 7.83. The molecule has 0 aliphatic carbocycles. The van der Waals surface area contributed by atoms with Crippen molar-refractivity contribution >= 4 is 17.7 Å². The van der Waals surface area contributed by atoms with Crippen LogP contribution in [0.25, 0.3) is 0 Å². The Morgan fingerprint density at radius 2 is 2.25 bits per heavy atom. The van der Waals surface area contributed by atoms with Gasteiger partial charge in [0, 0.05) is 24.3 Å². The van der Waals surface area contributed by atoms with Crippen molar-refractivity contribution < 1.29 is 4.79 Å². The second-order valence-electron chi connectivity index (χ2n) is 4.82. The molecule has 4 heteroatoms. The zero-order valence-corrected chi connectivity index (χ0v) is 10.7. The molecule has 2 aliphatic heterocycles. The van der Waals surface area contributed by atoms with Crippen molar-refractivity contribution in [3.8, 4) is 0 Å². The summed E-state index contributed by atoms with van der Waals surface area (Å²) in [6.07, 6.45) is 5.64. The van der Waals surface area contributed by atoms with Crippen molar-refractivity contribution in [3.63, 3.8) is 0 Å². The molecule has 3 nitrogen and oxygen atoms in total. The fourth-order valence-electron chi connectivity index (χ4n) is 2.75. The molecule has 0 saturated carbocycles. The van der Waals surface area contributed by atoms with Gasteiger partial charge in [-0.2, -0.15) is 11.8 Å². The molecule has 0 spiro atoms. The van der Waals surface area contributed by atoms with Crippen LogP contribution in [0.2, 0.25) is 0 Å². The summed E-state index contributed by atoms with van der Waals surface area (Å²) in [5.74, 6) is 2.89. The van der Waals surface area contributed by atoms with E-state index in [4.69, 9.17) is 5.73 Å². The molecule has 2 N–H and O–H groups in total. The van der Waals surface area contributed by atoms with Crippen molar-refractivity contribution in [2.24, 2.45) is 11.7 Å². The van der Waals surface area contributed by atoms with Crippen LogP contribution in [0.3, 0.4) is 0 Å². The van der Waals surface area contributed by atoms with Crippen molar-refractivity contribution in [3.05, 3.63) is 0 Å². The van der Waals surface area contributed by atoms with Crippen molar-refractivity contribution in [2.75, 3.05) is 24.6 Å². The van der Waals surface area contributed by atoms with Gasteiger partial charge in [-0.05, 0) is 44.4 Å². The van der Waals surface area contributed by atoms with Crippen LogP contribution in [0.5, 0.6) is 0 Å². The molecule has 1 amide bonds. The van der Waals surface area contributed by atoms with E-state index in [2.05, 4.69) is 4.90 Å². The first-order valence-corrected chi connectivity index (χ1v) is 7.56. The summed E-state index contributed by atoms with van der Waals surface area (Å²) in [6, 6.07) is 0.428. The number of nitrogens with zero attached hydrogens (tertiary/aromatic N) is 1. The fraction of sp³-hybridized carbons (Fsp3) is 0.917. The lowest BCUT2D eigenvalue weighted by atomic mass is 9.96. The highest BCUT2D eigenvalue weighted by atomic mass is 32.2. The number of piperidine rings is 1. The Morgan fingerprint density at radius 3 is 2.94 bits per heavy atom. The van der Waals surface area contributed by atoms with E-state index >= 15 is 0 Å². The Bertz CT molecular complexity index is 239. The van der Waals surface area contributed by atoms with E-state index < -0.39 is 0 Å². The maximum atomic E-state index is 12.4. The van der Waals surface area contributed by atoms with E-state index in [0.29, 0.717) is 24.4 Å². The third-order valence-corrected chi connectivity index (χ3v) is 4.85. The highest BCUT2D eigenvalue weighted by Gasteiger charge is 2.32. The van der Waals surface area contributed by atoms with E-state index in [-0.39, 0.29) is 0 Å². The molecule has 0 radical (unpaired) electrons. The van der Waals surface area contributed by atoms with Crippen LogP contribution in [0.1, 0.15) is 32.1 Å². The van der Waals surface area contributed by atoms with E-state index in [1.54, 1.807) is 0 Å². The number of hydrogen-bond acceptors (Lipinski definition) is 3. The molecule has 0 aromatic rings. The second kappa shape index (κ2) is 5.92. The zero-order chi connectivity index (χ0) is 11.4. The fourth-order valence-corrected chi connectivity index (χ4v) is 3.96. The first-order valence-electron chi connectivity index (χ1n) is 6.41. The van der Waals surface area contributed by atoms with Crippen LogP contribution in [0, 0.1) is 5.92 Å². The molecule has 16 heavy (non-hydrogen) atoms. The Morgan fingerprint density at radius 1 is 1.38 bits per heavy atom. The third-order valence-electron chi connectivity index (χ3n) is 3.69. The Hall–Kier alpha value is -0.220. The van der Waals surface area contributed by atoms with Crippen LogP contribution >= 0.6 is 11.8 Å². The van der Waals surface area contributed by atoms with Gasteiger partial charge < -0.3 is 10.6 Å². The number of amides is 1. The average Bonchev–Trinajstić information content (AvgIpc) is 2.83. The van der Waals surface area contributed by atoms with Gasteiger partial charge in [0.15, 0.2) is 0 Å². The average molecular weight is 242 g/mol. The molecule has 2 saturated heterocycles. The lowest BCUT2D eigenvalue weighted by Crippen LogP contribution is -2.47. The molecular weight excluding hydrogens is 220 g/mol. The maximum absolute atomic E-state index is 12.4. The van der Waals surface area contributed by atoms with E-state index in [1.807, 2.05) is 11.8 Å². The number of thioether (sulfide) groups is 1. The minimum atomic E-state index is 0.295. The summed E-state index contributed by atoms with van der Waals surface area (Å²) in [6.45, 7) is 1.67. The quantitative estimate of drug-likeness (QED) is 0.815. The molecule has 2 atom stereocenters. The minimum Gasteiger partial charge on any atom is -0.339 e. The number of hydrogen-bond donors (Lipinski definition) is 1. The molecule has 2 unspecified atom stereocenters. The Balaban J connectivity index is 1.95. The van der Waals surface area contributed by atoms with Gasteiger partial charge in [-0.1, -0.05) is 0 Å². The minimum absolute atomic E-state index is 0.295. The third kappa shape index (κ3) is 2.72. The van der Waals surface area contributed by atoms with Crippen molar-refractivity contribution in [1.82, 2.24) is 4.90 Å². The Kier molecular flexibility index (Phi) is 4.53. The topological polar surface area (TPSA) is 46.3 Å². The van der Waals surface area contributed by atoms with Crippen LogP contribution in [-0.2, 0) is 4.79 Å². The predicted molar refractivity (Wildman–Crippen MR) is 68.5 cm³/mol. The molecular formula is C12H22N2OS. The van der Waals surface area contributed by atoms with Crippen LogP contribution in [0.15, 0.2) is 0 Å². The predicted octanol–water partition coefficient (Wildman–Crippen LogP) is 1.47. The van der Waals surface area contributed by atoms with E-state index in [9.17, 15) is 4.79 Å². The molecule has 2 rings (SSSR count). The summed E-state index contributed by atoms with van der Waals surface area (Å²) in [5.41, 5.74) is 5.63. The van der Waals surface area contributed by atoms with Gasteiger partial charge >= 0.3 is 0 Å². The standard InChI is InChI=1S/C12H22N2OS/c13-6-4-11-3-1-2-7-14(11)12(15)10-5-8-16-9-10/h10-11H,1-9,13H2. The number of carbonyl (C=O) groups is 1. The summed E-state index contributed by atoms with van der Waals surface area (Å²) < 4.78 is 0. The van der Waals surface area contributed by atoms with Crippen LogP contribution in [0.4, 0.5) is 0 Å². The maximum Gasteiger partial charge on any atom is 0.226 e. The highest BCUT2D eigenvalue weighted by molar-refractivity contribution is 7.99. The monoisotopic (exact) mass is 242 g/mol. The molecule has 0 aromatic carbocycles. The molecule has 92 valence electrons. The van der Waals surface area contributed by atoms with Crippen LogP contribution < -0.4 is 5.73 Å². The van der Waals surface area contributed by atoms with Gasteiger partial charge in [-0.3, -0.25) is 4.79 Å². The van der Waals surface area contributed by atoms with Gasteiger partial charge in [0.1, 0.15) is 0 Å². The normalized spacial score (nSPS) is 30.7. The molecule has 2 heterocycles. The number of nitrogens with two attached hydrogens (primary N) is 1. The van der Waals surface area contributed by atoms with Gasteiger partial charge in [-0.25, -0.2) is 0 Å². The van der Waals surface area contributed by atoms with Crippen LogP contribution in [-0.4, -0.2) is 41.4 Å². The summed E-state index contributed by atoms with van der Waals surface area (Å²) in [4.78, 5) is 14.5. The highest BCUT2D eigenvalue weighted by Crippen LogP contribution is 2.28. The number of carbonyl (C=O) groups excluding carboxylic acids is 1. The number of likely N-dealkylation sites (tertiary alicyclic amines) is 1. The zero-order valence-electron chi connectivity index (χ0n) is 9.86. The SMILES string of the molecule is NCCC1CCCCN1C(=O)C1CCSC1. The number of rotatable bonds is 3. The molecule has 0 bridgehead atoms. The lowest BCUT2D eigenvalue weighted by Gasteiger charge is -2.37. The summed E-state index contributed by atoms with van der Waals surface area (Å²) in [7, 11) is 0. The largest absolute Gasteiger partial charge is 0.339 e. The summed E-state index contributed by atoms with van der Waals surface area (Å²) in [5, 5.41) is 0. The second-order valence-corrected chi connectivity index (χ2v) is 5.97. The molecule has 0 aromatic heterocycles. The van der Waals surface area contributed by atoms with Gasteiger partial charge in [0.05, 0.1) is 0 Å². The van der Waals surface area contributed by atoms with Gasteiger partial charge in [0.25, 0.3) is 0 Å². The lowest BCUT2D eigenvalue weighted by molar-refractivity contribution is -0.138. The first kappa shape index (κ1) is 12.2. The molecule has 2 aliphatic rings. The van der Waals surface area contributed by atoms with Crippen molar-refractivity contribution in [2.45, 2.75) is 38.1 Å². The smallest absolute Gasteiger partial charge is 0.226 e. The van der Waals surface area contributed by atoms with Gasteiger partial charge in [0.2, 0.25) is 5.91 Å². The van der Waals surface area contributed by atoms with Gasteiger partial charge in [-0.15, -0.1) is 0 Å². The van der Waals surface area contributed by atoms with Crippen molar-refractivity contribution in [1.29, 1.82) is 0 Å². The summed E-state index contributed by atoms with van der Waals surface area (Å²) >= 11 is 1.92. The van der Waals surface area contributed by atoms with E-state index in [0.717, 1.165) is 37.3 Å². The Labute approximate surface area is 102 Å². The molecule has 2 fully saturated rings.